The lowest BCUT2D eigenvalue weighted by molar-refractivity contribution is -0.122. The fraction of sp³-hybridized carbons (Fsp3) is 0.167. The second-order valence-electron chi connectivity index (χ2n) is 7.43. The fourth-order valence-corrected chi connectivity index (χ4v) is 5.34. The van der Waals surface area contributed by atoms with Crippen molar-refractivity contribution in [2.75, 3.05) is 11.4 Å². The number of para-hydroxylation sites is 1. The topological polar surface area (TPSA) is 74.8 Å². The van der Waals surface area contributed by atoms with Crippen LogP contribution < -0.4 is 4.90 Å². The van der Waals surface area contributed by atoms with Crippen LogP contribution in [0.5, 0.6) is 0 Å². The summed E-state index contributed by atoms with van der Waals surface area (Å²) in [5, 5.41) is 0. The summed E-state index contributed by atoms with van der Waals surface area (Å²) in [6.45, 7) is -0.00393. The van der Waals surface area contributed by atoms with Crippen molar-refractivity contribution in [3.8, 4) is 0 Å². The van der Waals surface area contributed by atoms with E-state index in [0.29, 0.717) is 12.1 Å². The molecule has 6 nitrogen and oxygen atoms in total. The highest BCUT2D eigenvalue weighted by molar-refractivity contribution is 7.89. The number of rotatable bonds is 7. The van der Waals surface area contributed by atoms with Gasteiger partial charge >= 0.3 is 0 Å². The quantitative estimate of drug-likeness (QED) is 0.515. The zero-order chi connectivity index (χ0) is 22.7. The standard InChI is InChI=1S/C24H21FN2O4S/c25-19-11-13-21(14-12-19)32(30,31)26(16-15-18-7-3-1-4-8-18)22-17-23(28)27(24(22)29)20-9-5-2-6-10-20/h1-14,22H,15-17H2. The average Bonchev–Trinajstić information content (AvgIpc) is 3.09. The number of carbonyl (C=O) groups excluding carboxylic acids is 2. The molecule has 0 N–H and O–H groups in total. The Balaban J connectivity index is 1.69. The Morgan fingerprint density at radius 3 is 2.09 bits per heavy atom. The highest BCUT2D eigenvalue weighted by atomic mass is 32.2. The first-order valence-corrected chi connectivity index (χ1v) is 11.5. The van der Waals surface area contributed by atoms with Gasteiger partial charge in [-0.25, -0.2) is 17.7 Å². The van der Waals surface area contributed by atoms with Gasteiger partial charge in [0.1, 0.15) is 11.9 Å². The molecule has 1 fully saturated rings. The van der Waals surface area contributed by atoms with E-state index in [9.17, 15) is 22.4 Å². The summed E-state index contributed by atoms with van der Waals surface area (Å²) in [7, 11) is -4.17. The molecule has 1 saturated heterocycles. The van der Waals surface area contributed by atoms with Gasteiger partial charge in [-0.3, -0.25) is 9.59 Å². The van der Waals surface area contributed by atoms with Crippen LogP contribution in [-0.4, -0.2) is 37.1 Å². The summed E-state index contributed by atoms with van der Waals surface area (Å²) in [6.07, 6.45) is 0.0908. The lowest BCUT2D eigenvalue weighted by atomic mass is 10.1. The lowest BCUT2D eigenvalue weighted by Gasteiger charge is -2.27. The molecule has 1 aliphatic heterocycles. The third kappa shape index (κ3) is 4.32. The first-order valence-electron chi connectivity index (χ1n) is 10.1. The largest absolute Gasteiger partial charge is 0.274 e. The predicted molar refractivity (Wildman–Crippen MR) is 118 cm³/mol. The van der Waals surface area contributed by atoms with Gasteiger partial charge in [-0.2, -0.15) is 4.31 Å². The number of hydrogen-bond donors (Lipinski definition) is 0. The number of benzene rings is 3. The molecule has 0 aromatic heterocycles. The van der Waals surface area contributed by atoms with E-state index in [1.165, 1.54) is 0 Å². The minimum absolute atomic E-state index is 0.00393. The SMILES string of the molecule is O=C1CC(N(CCc2ccccc2)S(=O)(=O)c2ccc(F)cc2)C(=O)N1c1ccccc1. The molecule has 0 radical (unpaired) electrons. The van der Waals surface area contributed by atoms with Crippen LogP contribution in [-0.2, 0) is 26.0 Å². The normalized spacial score (nSPS) is 16.7. The van der Waals surface area contributed by atoms with Crippen LogP contribution in [0.3, 0.4) is 0 Å². The minimum atomic E-state index is -4.17. The van der Waals surface area contributed by atoms with Crippen LogP contribution in [0.25, 0.3) is 0 Å². The van der Waals surface area contributed by atoms with Crippen molar-refractivity contribution in [1.82, 2.24) is 4.31 Å². The number of amides is 2. The summed E-state index contributed by atoms with van der Waals surface area (Å²) >= 11 is 0. The molecule has 0 bridgehead atoms. The number of halogens is 1. The third-order valence-electron chi connectivity index (χ3n) is 5.37. The Labute approximate surface area is 185 Å². The maximum absolute atomic E-state index is 13.5. The van der Waals surface area contributed by atoms with Crippen LogP contribution in [0.4, 0.5) is 10.1 Å². The molecule has 0 spiro atoms. The van der Waals surface area contributed by atoms with E-state index in [-0.39, 0.29) is 17.9 Å². The van der Waals surface area contributed by atoms with Gasteiger partial charge in [-0.1, -0.05) is 48.5 Å². The molecule has 32 heavy (non-hydrogen) atoms. The summed E-state index contributed by atoms with van der Waals surface area (Å²) in [4.78, 5) is 26.9. The zero-order valence-electron chi connectivity index (χ0n) is 17.1. The maximum Gasteiger partial charge on any atom is 0.252 e. The van der Waals surface area contributed by atoms with Gasteiger partial charge in [0.2, 0.25) is 15.9 Å². The molecule has 1 heterocycles. The molecule has 3 aromatic rings. The monoisotopic (exact) mass is 452 g/mol. The van der Waals surface area contributed by atoms with Gasteiger partial charge in [-0.15, -0.1) is 0 Å². The van der Waals surface area contributed by atoms with Crippen molar-refractivity contribution in [2.24, 2.45) is 0 Å². The summed E-state index contributed by atoms with van der Waals surface area (Å²) in [6, 6.07) is 20.9. The zero-order valence-corrected chi connectivity index (χ0v) is 17.9. The van der Waals surface area contributed by atoms with Crippen LogP contribution in [0, 0.1) is 5.82 Å². The minimum Gasteiger partial charge on any atom is -0.274 e. The van der Waals surface area contributed by atoms with Crippen molar-refractivity contribution < 1.29 is 22.4 Å². The molecule has 0 aliphatic carbocycles. The van der Waals surface area contributed by atoms with E-state index in [4.69, 9.17) is 0 Å². The number of nitrogens with zero attached hydrogens (tertiary/aromatic N) is 2. The molecule has 1 aliphatic rings. The van der Waals surface area contributed by atoms with Crippen molar-refractivity contribution in [2.45, 2.75) is 23.8 Å². The molecule has 164 valence electrons. The number of hydrogen-bond acceptors (Lipinski definition) is 4. The van der Waals surface area contributed by atoms with Crippen molar-refractivity contribution >= 4 is 27.5 Å². The molecule has 8 heteroatoms. The summed E-state index contributed by atoms with van der Waals surface area (Å²) in [5.74, 6) is -1.63. The number of imide groups is 1. The number of sulfonamides is 1. The predicted octanol–water partition coefficient (Wildman–Crippen LogP) is 3.39. The van der Waals surface area contributed by atoms with Gasteiger partial charge in [0.15, 0.2) is 0 Å². The molecule has 2 amide bonds. The van der Waals surface area contributed by atoms with Crippen LogP contribution in [0.2, 0.25) is 0 Å². The van der Waals surface area contributed by atoms with E-state index in [0.717, 1.165) is 39.0 Å². The van der Waals surface area contributed by atoms with E-state index in [1.54, 1.807) is 30.3 Å². The van der Waals surface area contributed by atoms with Gasteiger partial charge < -0.3 is 0 Å². The molecule has 4 rings (SSSR count). The summed E-state index contributed by atoms with van der Waals surface area (Å²) < 4.78 is 41.4. The first-order chi connectivity index (χ1) is 15.4. The Kier molecular flexibility index (Phi) is 6.16. The van der Waals surface area contributed by atoms with Crippen molar-refractivity contribution in [1.29, 1.82) is 0 Å². The number of anilines is 1. The van der Waals surface area contributed by atoms with Crippen LogP contribution in [0.1, 0.15) is 12.0 Å². The highest BCUT2D eigenvalue weighted by Crippen LogP contribution is 2.29. The summed E-state index contributed by atoms with van der Waals surface area (Å²) in [5.41, 5.74) is 1.29. The average molecular weight is 453 g/mol. The fourth-order valence-electron chi connectivity index (χ4n) is 3.76. The van der Waals surface area contributed by atoms with Crippen LogP contribution in [0.15, 0.2) is 89.8 Å². The van der Waals surface area contributed by atoms with E-state index in [1.807, 2.05) is 30.3 Å². The highest BCUT2D eigenvalue weighted by Gasteiger charge is 2.46. The van der Waals surface area contributed by atoms with Crippen LogP contribution >= 0.6 is 0 Å². The Morgan fingerprint density at radius 1 is 0.875 bits per heavy atom. The molecular weight excluding hydrogens is 431 g/mol. The van der Waals surface area contributed by atoms with Gasteiger partial charge in [-0.05, 0) is 48.4 Å². The molecule has 0 saturated carbocycles. The molecule has 3 aromatic carbocycles. The third-order valence-corrected chi connectivity index (χ3v) is 7.29. The van der Waals surface area contributed by atoms with E-state index in [2.05, 4.69) is 0 Å². The Hall–Kier alpha value is -3.36. The van der Waals surface area contributed by atoms with Crippen molar-refractivity contribution in [3.63, 3.8) is 0 Å². The van der Waals surface area contributed by atoms with E-state index < -0.39 is 33.7 Å². The van der Waals surface area contributed by atoms with Gasteiger partial charge in [0.05, 0.1) is 17.0 Å². The van der Waals surface area contributed by atoms with Gasteiger partial charge in [0.25, 0.3) is 5.91 Å². The van der Waals surface area contributed by atoms with E-state index >= 15 is 0 Å². The molecular formula is C24H21FN2O4S. The lowest BCUT2D eigenvalue weighted by Crippen LogP contribution is -2.46. The van der Waals surface area contributed by atoms with Crippen molar-refractivity contribution in [3.05, 3.63) is 96.3 Å². The smallest absolute Gasteiger partial charge is 0.252 e. The Bertz CT molecular complexity index is 1220. The second-order valence-corrected chi connectivity index (χ2v) is 9.32. The Morgan fingerprint density at radius 2 is 1.47 bits per heavy atom. The maximum atomic E-state index is 13.5. The molecule has 1 unspecified atom stereocenters. The van der Waals surface area contributed by atoms with Gasteiger partial charge in [0, 0.05) is 6.54 Å². The number of carbonyl (C=O) groups is 2. The molecule has 1 atom stereocenters. The first kappa shape index (κ1) is 21.9. The second kappa shape index (κ2) is 9.02.